The SMILES string of the molecule is COc1ccc(C2(C#N)CC=C(C#N)CC2)cc1OC1CCCC1. The van der Waals surface area contributed by atoms with E-state index in [9.17, 15) is 5.26 Å². The Kier molecular flexibility index (Phi) is 4.76. The number of hydrogen-bond donors (Lipinski definition) is 0. The van der Waals surface area contributed by atoms with Crippen molar-refractivity contribution in [3.8, 4) is 23.6 Å². The molecule has 124 valence electrons. The summed E-state index contributed by atoms with van der Waals surface area (Å²) in [5.74, 6) is 1.44. The Morgan fingerprint density at radius 1 is 1.17 bits per heavy atom. The number of allylic oxidation sites excluding steroid dienone is 2. The lowest BCUT2D eigenvalue weighted by Crippen LogP contribution is -2.26. The van der Waals surface area contributed by atoms with E-state index in [1.165, 1.54) is 12.8 Å². The molecule has 0 aromatic heterocycles. The number of nitrogens with zero attached hydrogens (tertiary/aromatic N) is 2. The van der Waals surface area contributed by atoms with Gasteiger partial charge in [-0.1, -0.05) is 12.1 Å². The smallest absolute Gasteiger partial charge is 0.161 e. The highest BCUT2D eigenvalue weighted by atomic mass is 16.5. The summed E-state index contributed by atoms with van der Waals surface area (Å²) < 4.78 is 11.6. The van der Waals surface area contributed by atoms with Crippen LogP contribution in [-0.2, 0) is 5.41 Å². The van der Waals surface area contributed by atoms with Crippen molar-refractivity contribution in [1.29, 1.82) is 10.5 Å². The molecular weight excluding hydrogens is 300 g/mol. The molecule has 1 aromatic carbocycles. The van der Waals surface area contributed by atoms with Crippen LogP contribution in [0, 0.1) is 22.7 Å². The molecule has 4 heteroatoms. The lowest BCUT2D eigenvalue weighted by molar-refractivity contribution is 0.200. The fourth-order valence-electron chi connectivity index (χ4n) is 3.63. The number of hydrogen-bond acceptors (Lipinski definition) is 4. The van der Waals surface area contributed by atoms with Gasteiger partial charge in [0.2, 0.25) is 0 Å². The summed E-state index contributed by atoms with van der Waals surface area (Å²) in [6.07, 6.45) is 8.58. The van der Waals surface area contributed by atoms with E-state index in [0.29, 0.717) is 25.0 Å². The van der Waals surface area contributed by atoms with E-state index in [1.807, 2.05) is 24.3 Å². The van der Waals surface area contributed by atoms with Gasteiger partial charge < -0.3 is 9.47 Å². The molecule has 2 aliphatic carbocycles. The lowest BCUT2D eigenvalue weighted by Gasteiger charge is -2.30. The van der Waals surface area contributed by atoms with E-state index in [0.717, 1.165) is 29.7 Å². The summed E-state index contributed by atoms with van der Waals surface area (Å²) in [6, 6.07) is 10.5. The quantitative estimate of drug-likeness (QED) is 0.823. The van der Waals surface area contributed by atoms with E-state index in [4.69, 9.17) is 14.7 Å². The van der Waals surface area contributed by atoms with Crippen molar-refractivity contribution in [3.63, 3.8) is 0 Å². The molecule has 1 unspecified atom stereocenters. The minimum Gasteiger partial charge on any atom is -0.493 e. The molecule has 3 rings (SSSR count). The minimum absolute atomic E-state index is 0.239. The molecule has 0 spiro atoms. The van der Waals surface area contributed by atoms with Crippen LogP contribution in [0.2, 0.25) is 0 Å². The van der Waals surface area contributed by atoms with Crippen LogP contribution in [0.15, 0.2) is 29.8 Å². The maximum absolute atomic E-state index is 9.82. The van der Waals surface area contributed by atoms with Crippen LogP contribution in [0.5, 0.6) is 11.5 Å². The summed E-state index contributed by atoms with van der Waals surface area (Å²) in [7, 11) is 1.64. The van der Waals surface area contributed by atoms with Gasteiger partial charge in [-0.25, -0.2) is 0 Å². The van der Waals surface area contributed by atoms with Gasteiger partial charge in [-0.3, -0.25) is 0 Å². The normalized spacial score (nSPS) is 23.9. The number of nitriles is 2. The van der Waals surface area contributed by atoms with Gasteiger partial charge in [0.15, 0.2) is 11.5 Å². The van der Waals surface area contributed by atoms with Crippen LogP contribution < -0.4 is 9.47 Å². The van der Waals surface area contributed by atoms with Crippen LogP contribution >= 0.6 is 0 Å². The zero-order chi connectivity index (χ0) is 17.0. The third-order valence-electron chi connectivity index (χ3n) is 5.19. The van der Waals surface area contributed by atoms with Crippen molar-refractivity contribution >= 4 is 0 Å². The maximum atomic E-state index is 9.82. The van der Waals surface area contributed by atoms with Gasteiger partial charge in [0.25, 0.3) is 0 Å². The summed E-state index contributed by atoms with van der Waals surface area (Å²) in [4.78, 5) is 0. The molecule has 1 saturated carbocycles. The second kappa shape index (κ2) is 6.97. The van der Waals surface area contributed by atoms with Crippen molar-refractivity contribution in [2.75, 3.05) is 7.11 Å². The molecule has 0 radical (unpaired) electrons. The molecule has 0 amide bonds. The number of methoxy groups -OCH3 is 1. The van der Waals surface area contributed by atoms with E-state index in [2.05, 4.69) is 12.1 Å². The lowest BCUT2D eigenvalue weighted by atomic mass is 9.71. The first-order valence-electron chi connectivity index (χ1n) is 8.56. The first-order chi connectivity index (χ1) is 11.7. The highest BCUT2D eigenvalue weighted by Gasteiger charge is 2.35. The second-order valence-electron chi connectivity index (χ2n) is 6.63. The summed E-state index contributed by atoms with van der Waals surface area (Å²) in [5, 5.41) is 18.9. The molecule has 1 aromatic rings. The van der Waals surface area contributed by atoms with Gasteiger partial charge >= 0.3 is 0 Å². The van der Waals surface area contributed by atoms with Crippen molar-refractivity contribution < 1.29 is 9.47 Å². The van der Waals surface area contributed by atoms with E-state index >= 15 is 0 Å². The molecule has 2 aliphatic rings. The Morgan fingerprint density at radius 2 is 1.96 bits per heavy atom. The third kappa shape index (κ3) is 3.10. The van der Waals surface area contributed by atoms with Crippen LogP contribution in [0.3, 0.4) is 0 Å². The molecule has 0 bridgehead atoms. The Morgan fingerprint density at radius 3 is 2.54 bits per heavy atom. The standard InChI is InChI=1S/C20H22N2O2/c1-23-18-7-6-16(12-19(18)24-17-4-2-3-5-17)20(14-22)10-8-15(13-21)9-11-20/h6-8,12,17H,2-5,9-11H2,1H3. The maximum Gasteiger partial charge on any atom is 0.161 e. The summed E-state index contributed by atoms with van der Waals surface area (Å²) in [6.45, 7) is 0. The van der Waals surface area contributed by atoms with Crippen molar-refractivity contribution in [1.82, 2.24) is 0 Å². The predicted molar refractivity (Wildman–Crippen MR) is 90.7 cm³/mol. The predicted octanol–water partition coefficient (Wildman–Crippen LogP) is 4.41. The van der Waals surface area contributed by atoms with Crippen LogP contribution in [0.25, 0.3) is 0 Å². The highest BCUT2D eigenvalue weighted by Crippen LogP contribution is 2.42. The molecule has 0 saturated heterocycles. The molecule has 0 aliphatic heterocycles. The highest BCUT2D eigenvalue weighted by molar-refractivity contribution is 5.48. The minimum atomic E-state index is -0.583. The van der Waals surface area contributed by atoms with Crippen LogP contribution in [-0.4, -0.2) is 13.2 Å². The Hall–Kier alpha value is -2.46. The summed E-state index contributed by atoms with van der Waals surface area (Å²) in [5.41, 5.74) is 1.14. The zero-order valence-corrected chi connectivity index (χ0v) is 14.0. The van der Waals surface area contributed by atoms with E-state index in [-0.39, 0.29) is 6.10 Å². The molecule has 0 N–H and O–H groups in total. The molecule has 1 atom stereocenters. The fraction of sp³-hybridized carbons (Fsp3) is 0.500. The monoisotopic (exact) mass is 322 g/mol. The summed E-state index contributed by atoms with van der Waals surface area (Å²) >= 11 is 0. The first kappa shape index (κ1) is 16.4. The molecule has 24 heavy (non-hydrogen) atoms. The van der Waals surface area contributed by atoms with Gasteiger partial charge in [-0.05, 0) is 62.6 Å². The van der Waals surface area contributed by atoms with E-state index < -0.39 is 5.41 Å². The van der Waals surface area contributed by atoms with Crippen LogP contribution in [0.4, 0.5) is 0 Å². The van der Waals surface area contributed by atoms with Crippen molar-refractivity contribution in [2.24, 2.45) is 0 Å². The molecule has 1 fully saturated rings. The Bertz CT molecular complexity index is 720. The largest absolute Gasteiger partial charge is 0.493 e. The number of rotatable bonds is 4. The third-order valence-corrected chi connectivity index (χ3v) is 5.19. The average molecular weight is 322 g/mol. The van der Waals surface area contributed by atoms with Gasteiger partial charge in [-0.15, -0.1) is 0 Å². The number of ether oxygens (including phenoxy) is 2. The van der Waals surface area contributed by atoms with Gasteiger partial charge in [0, 0.05) is 5.57 Å². The van der Waals surface area contributed by atoms with Gasteiger partial charge in [-0.2, -0.15) is 10.5 Å². The van der Waals surface area contributed by atoms with E-state index in [1.54, 1.807) is 7.11 Å². The second-order valence-corrected chi connectivity index (χ2v) is 6.63. The fourth-order valence-corrected chi connectivity index (χ4v) is 3.63. The van der Waals surface area contributed by atoms with Gasteiger partial charge in [0.05, 0.1) is 30.8 Å². The average Bonchev–Trinajstić information content (AvgIpc) is 3.15. The number of benzene rings is 1. The van der Waals surface area contributed by atoms with Gasteiger partial charge in [0.1, 0.15) is 0 Å². The Balaban J connectivity index is 1.91. The zero-order valence-electron chi connectivity index (χ0n) is 14.0. The van der Waals surface area contributed by atoms with Crippen molar-refractivity contribution in [3.05, 3.63) is 35.4 Å². The van der Waals surface area contributed by atoms with Crippen LogP contribution in [0.1, 0.15) is 50.5 Å². The topological polar surface area (TPSA) is 66.0 Å². The molecule has 4 nitrogen and oxygen atoms in total. The first-order valence-corrected chi connectivity index (χ1v) is 8.56. The Labute approximate surface area is 143 Å². The molecule has 0 heterocycles. The van der Waals surface area contributed by atoms with Crippen molar-refractivity contribution in [2.45, 2.75) is 56.5 Å². The molecular formula is C20H22N2O2.